The Hall–Kier alpha value is -3.97. The van der Waals surface area contributed by atoms with Gasteiger partial charge in [0.2, 0.25) is 5.78 Å². The lowest BCUT2D eigenvalue weighted by molar-refractivity contribution is 0.0967. The summed E-state index contributed by atoms with van der Waals surface area (Å²) >= 11 is 0. The van der Waals surface area contributed by atoms with E-state index in [0.717, 1.165) is 32.4 Å². The van der Waals surface area contributed by atoms with Crippen LogP contribution in [-0.4, -0.2) is 35.8 Å². The van der Waals surface area contributed by atoms with E-state index < -0.39 is 15.8 Å². The summed E-state index contributed by atoms with van der Waals surface area (Å²) in [7, 11) is -4.10. The van der Waals surface area contributed by atoms with Gasteiger partial charge in [0, 0.05) is 40.8 Å². The van der Waals surface area contributed by atoms with Gasteiger partial charge in [-0.05, 0) is 37.1 Å². The number of Topliss-reactive ketones (excluding diaryl/α,β-unsaturated/α-hetero) is 1. The van der Waals surface area contributed by atoms with Crippen molar-refractivity contribution in [3.63, 3.8) is 0 Å². The first-order chi connectivity index (χ1) is 16.4. The zero-order chi connectivity index (χ0) is 23.9. The number of hydrogen-bond donors (Lipinski definition) is 1. The first-order valence-electron chi connectivity index (χ1n) is 10.9. The minimum absolute atomic E-state index is 0.00504. The molecular weight excluding hydrogens is 448 g/mol. The van der Waals surface area contributed by atoms with Gasteiger partial charge in [-0.15, -0.1) is 0 Å². The number of aromatic nitrogens is 1. The number of benzene rings is 3. The van der Waals surface area contributed by atoms with Crippen molar-refractivity contribution in [1.29, 1.82) is 0 Å². The van der Waals surface area contributed by atoms with Gasteiger partial charge in [0.25, 0.3) is 10.0 Å². The molecular formula is C27H22N2O4S. The smallest absolute Gasteiger partial charge is 0.264 e. The molecule has 0 aliphatic heterocycles. The third kappa shape index (κ3) is 3.74. The Morgan fingerprint density at radius 2 is 1.53 bits per heavy atom. The van der Waals surface area contributed by atoms with Crippen LogP contribution in [0.3, 0.4) is 0 Å². The number of nitrogens with one attached hydrogen (secondary N) is 1. The third-order valence-corrected chi connectivity index (χ3v) is 7.90. The summed E-state index contributed by atoms with van der Waals surface area (Å²) in [6, 6.07) is 20.7. The van der Waals surface area contributed by atoms with Gasteiger partial charge in [0.1, 0.15) is 5.70 Å². The minimum atomic E-state index is -4.10. The SMILES string of the molecule is Cc1ccc(S(=O)(=O)N(CCc2c[nH]c3ccccc23)C2=CC(=O)c3ccccc3C2=O)cc1. The number of aryl methyl sites for hydroxylation is 1. The quantitative estimate of drug-likeness (QED) is 0.444. The molecule has 0 saturated heterocycles. The molecule has 3 aromatic carbocycles. The summed E-state index contributed by atoms with van der Waals surface area (Å²) in [6.07, 6.45) is 3.35. The highest BCUT2D eigenvalue weighted by molar-refractivity contribution is 7.89. The Balaban J connectivity index is 1.58. The first-order valence-corrected chi connectivity index (χ1v) is 12.3. The number of sulfonamides is 1. The number of rotatable bonds is 6. The minimum Gasteiger partial charge on any atom is -0.361 e. The summed E-state index contributed by atoms with van der Waals surface area (Å²) in [6.45, 7) is 1.87. The van der Waals surface area contributed by atoms with E-state index >= 15 is 0 Å². The number of fused-ring (bicyclic) bond motifs is 2. The van der Waals surface area contributed by atoms with Crippen LogP contribution in [-0.2, 0) is 16.4 Å². The molecule has 1 aliphatic rings. The highest BCUT2D eigenvalue weighted by atomic mass is 32.2. The summed E-state index contributed by atoms with van der Waals surface area (Å²) in [5, 5.41) is 0.987. The fourth-order valence-corrected chi connectivity index (χ4v) is 5.72. The van der Waals surface area contributed by atoms with Crippen molar-refractivity contribution in [2.75, 3.05) is 6.54 Å². The number of aromatic amines is 1. The monoisotopic (exact) mass is 470 g/mol. The second-order valence-electron chi connectivity index (χ2n) is 8.27. The molecule has 1 aromatic heterocycles. The summed E-state index contributed by atoms with van der Waals surface area (Å²) in [5.74, 6) is -0.869. The molecule has 4 aromatic rings. The van der Waals surface area contributed by atoms with E-state index in [9.17, 15) is 18.0 Å². The van der Waals surface area contributed by atoms with Gasteiger partial charge in [0.15, 0.2) is 5.78 Å². The molecule has 1 aliphatic carbocycles. The molecule has 0 radical (unpaired) electrons. The number of carbonyl (C=O) groups is 2. The molecule has 1 heterocycles. The fraction of sp³-hybridized carbons (Fsp3) is 0.111. The van der Waals surface area contributed by atoms with Crippen LogP contribution in [0.25, 0.3) is 10.9 Å². The molecule has 5 rings (SSSR count). The summed E-state index contributed by atoms with van der Waals surface area (Å²) < 4.78 is 28.6. The lowest BCUT2D eigenvalue weighted by Crippen LogP contribution is -2.37. The Bertz CT molecular complexity index is 1560. The first kappa shape index (κ1) is 21.9. The van der Waals surface area contributed by atoms with Gasteiger partial charge in [-0.3, -0.25) is 13.9 Å². The molecule has 0 unspecified atom stereocenters. The number of allylic oxidation sites excluding steroid dienone is 2. The average molecular weight is 471 g/mol. The topological polar surface area (TPSA) is 87.3 Å². The molecule has 170 valence electrons. The van der Waals surface area contributed by atoms with Crippen LogP contribution >= 0.6 is 0 Å². The van der Waals surface area contributed by atoms with E-state index in [2.05, 4.69) is 4.98 Å². The number of para-hydroxylation sites is 1. The molecule has 0 saturated carbocycles. The molecule has 0 atom stereocenters. The van der Waals surface area contributed by atoms with Gasteiger partial charge < -0.3 is 4.98 Å². The van der Waals surface area contributed by atoms with Gasteiger partial charge in [-0.25, -0.2) is 8.42 Å². The molecule has 0 amide bonds. The van der Waals surface area contributed by atoms with E-state index in [0.29, 0.717) is 6.42 Å². The number of carbonyl (C=O) groups excluding carboxylic acids is 2. The van der Waals surface area contributed by atoms with Gasteiger partial charge >= 0.3 is 0 Å². The second-order valence-corrected chi connectivity index (χ2v) is 10.1. The van der Waals surface area contributed by atoms with Gasteiger partial charge in [-0.2, -0.15) is 0 Å². The number of H-pyrrole nitrogens is 1. The Labute approximate surface area is 197 Å². The van der Waals surface area contributed by atoms with E-state index in [1.165, 1.54) is 12.1 Å². The third-order valence-electron chi connectivity index (χ3n) is 6.07. The highest BCUT2D eigenvalue weighted by Gasteiger charge is 2.35. The van der Waals surface area contributed by atoms with Crippen molar-refractivity contribution in [1.82, 2.24) is 9.29 Å². The van der Waals surface area contributed by atoms with Crippen molar-refractivity contribution in [3.05, 3.63) is 113 Å². The van der Waals surface area contributed by atoms with Crippen molar-refractivity contribution in [2.45, 2.75) is 18.2 Å². The molecule has 0 spiro atoms. The zero-order valence-corrected chi connectivity index (χ0v) is 19.3. The maximum absolute atomic E-state index is 13.7. The molecule has 0 fully saturated rings. The molecule has 0 bridgehead atoms. The van der Waals surface area contributed by atoms with E-state index in [-0.39, 0.29) is 34.0 Å². The zero-order valence-electron chi connectivity index (χ0n) is 18.5. The van der Waals surface area contributed by atoms with Crippen molar-refractivity contribution in [3.8, 4) is 0 Å². The average Bonchev–Trinajstić information content (AvgIpc) is 3.25. The predicted molar refractivity (Wildman–Crippen MR) is 130 cm³/mol. The molecule has 1 N–H and O–H groups in total. The Kier molecular flexibility index (Phi) is 5.42. The molecule has 34 heavy (non-hydrogen) atoms. The largest absolute Gasteiger partial charge is 0.361 e. The molecule has 7 heteroatoms. The van der Waals surface area contributed by atoms with E-state index in [1.54, 1.807) is 36.4 Å². The summed E-state index contributed by atoms with van der Waals surface area (Å²) in [4.78, 5) is 29.4. The number of nitrogens with zero attached hydrogens (tertiary/aromatic N) is 1. The van der Waals surface area contributed by atoms with Crippen LogP contribution < -0.4 is 0 Å². The molecule has 6 nitrogen and oxygen atoms in total. The maximum Gasteiger partial charge on any atom is 0.264 e. The second kappa shape index (κ2) is 8.43. The van der Waals surface area contributed by atoms with Crippen LogP contribution in [0.5, 0.6) is 0 Å². The number of hydrogen-bond acceptors (Lipinski definition) is 4. The standard InChI is InChI=1S/C27H22N2O4S/c1-18-10-12-20(13-11-18)34(32,33)29(15-14-19-17-28-24-9-5-4-6-21(19)24)25-16-26(30)22-7-2-3-8-23(22)27(25)31/h2-13,16-17,28H,14-15H2,1H3. The summed E-state index contributed by atoms with van der Waals surface area (Å²) in [5.41, 5.74) is 3.14. The van der Waals surface area contributed by atoms with Crippen molar-refractivity contribution in [2.24, 2.45) is 0 Å². The van der Waals surface area contributed by atoms with Crippen molar-refractivity contribution >= 4 is 32.5 Å². The van der Waals surface area contributed by atoms with Crippen molar-refractivity contribution < 1.29 is 18.0 Å². The van der Waals surface area contributed by atoms with Crippen LogP contribution in [0, 0.1) is 6.92 Å². The Morgan fingerprint density at radius 3 is 2.29 bits per heavy atom. The van der Waals surface area contributed by atoms with Gasteiger partial charge in [-0.1, -0.05) is 60.2 Å². The van der Waals surface area contributed by atoms with Crippen LogP contribution in [0.15, 0.2) is 95.7 Å². The normalized spacial score (nSPS) is 13.6. The van der Waals surface area contributed by atoms with Gasteiger partial charge in [0.05, 0.1) is 4.90 Å². The fourth-order valence-electron chi connectivity index (χ4n) is 4.25. The van der Waals surface area contributed by atoms with Crippen LogP contribution in [0.2, 0.25) is 0 Å². The number of ketones is 2. The highest BCUT2D eigenvalue weighted by Crippen LogP contribution is 2.29. The lowest BCUT2D eigenvalue weighted by atomic mass is 9.92. The maximum atomic E-state index is 13.7. The predicted octanol–water partition coefficient (Wildman–Crippen LogP) is 4.67. The van der Waals surface area contributed by atoms with Crippen LogP contribution in [0.1, 0.15) is 31.8 Å². The lowest BCUT2D eigenvalue weighted by Gasteiger charge is -2.28. The van der Waals surface area contributed by atoms with E-state index in [4.69, 9.17) is 0 Å². The van der Waals surface area contributed by atoms with E-state index in [1.807, 2.05) is 37.4 Å². The Morgan fingerprint density at radius 1 is 0.853 bits per heavy atom. The van der Waals surface area contributed by atoms with Crippen LogP contribution in [0.4, 0.5) is 0 Å².